The summed E-state index contributed by atoms with van der Waals surface area (Å²) >= 11 is 0. The molecule has 2 aromatic heterocycles. The molecule has 1 amide bonds. The van der Waals surface area contributed by atoms with Gasteiger partial charge in [0.2, 0.25) is 5.95 Å². The molecule has 106 valence electrons. The summed E-state index contributed by atoms with van der Waals surface area (Å²) in [5, 5.41) is 9.46. The molecule has 7 nitrogen and oxygen atoms in total. The third kappa shape index (κ3) is 3.78. The first-order chi connectivity index (χ1) is 9.54. The molecule has 2 rings (SSSR count). The summed E-state index contributed by atoms with van der Waals surface area (Å²) in [6, 6.07) is 1.73. The van der Waals surface area contributed by atoms with Crippen LogP contribution in [0.15, 0.2) is 23.0 Å². The topological polar surface area (TPSA) is 92.9 Å². The van der Waals surface area contributed by atoms with Crippen molar-refractivity contribution in [2.75, 3.05) is 11.9 Å². The molecule has 2 aromatic rings. The Labute approximate surface area is 116 Å². The zero-order chi connectivity index (χ0) is 14.5. The highest BCUT2D eigenvalue weighted by molar-refractivity contribution is 5.93. The lowest BCUT2D eigenvalue weighted by molar-refractivity contribution is 0.0948. The van der Waals surface area contributed by atoms with Crippen LogP contribution in [0.3, 0.4) is 0 Å². The fourth-order valence-corrected chi connectivity index (χ4v) is 1.45. The molecule has 0 aliphatic heterocycles. The number of aryl methyl sites for hydroxylation is 1. The maximum atomic E-state index is 11.8. The van der Waals surface area contributed by atoms with E-state index in [0.717, 1.165) is 0 Å². The Morgan fingerprint density at radius 2 is 2.05 bits per heavy atom. The standard InChI is InChI=1S/C13H17N5O2/c1-8(2)5-14-12(19)10-6-15-13(16-7-10)17-11-4-9(3)20-18-11/h4,6-8H,5H2,1-3H3,(H,14,19)(H,15,16,17,18). The predicted molar refractivity (Wildman–Crippen MR) is 73.7 cm³/mol. The molecule has 2 heterocycles. The molecule has 0 fully saturated rings. The number of carbonyl (C=O) groups excluding carboxylic acids is 1. The largest absolute Gasteiger partial charge is 0.360 e. The fraction of sp³-hybridized carbons (Fsp3) is 0.385. The molecule has 0 saturated heterocycles. The molecule has 0 atom stereocenters. The summed E-state index contributed by atoms with van der Waals surface area (Å²) in [5.74, 6) is 1.80. The number of hydrogen-bond acceptors (Lipinski definition) is 6. The minimum absolute atomic E-state index is 0.178. The first-order valence-electron chi connectivity index (χ1n) is 6.35. The minimum atomic E-state index is -0.178. The molecular weight excluding hydrogens is 258 g/mol. The minimum Gasteiger partial charge on any atom is -0.360 e. The van der Waals surface area contributed by atoms with Crippen molar-refractivity contribution in [2.24, 2.45) is 5.92 Å². The van der Waals surface area contributed by atoms with Gasteiger partial charge in [-0.2, -0.15) is 0 Å². The number of nitrogens with one attached hydrogen (secondary N) is 2. The zero-order valence-corrected chi connectivity index (χ0v) is 11.7. The second kappa shape index (κ2) is 6.14. The number of carbonyl (C=O) groups is 1. The fourth-order valence-electron chi connectivity index (χ4n) is 1.45. The lowest BCUT2D eigenvalue weighted by atomic mass is 10.2. The first-order valence-corrected chi connectivity index (χ1v) is 6.35. The van der Waals surface area contributed by atoms with Gasteiger partial charge in [0.1, 0.15) is 5.76 Å². The van der Waals surface area contributed by atoms with Gasteiger partial charge < -0.3 is 15.2 Å². The van der Waals surface area contributed by atoms with E-state index in [9.17, 15) is 4.79 Å². The Balaban J connectivity index is 1.97. The summed E-state index contributed by atoms with van der Waals surface area (Å²) in [6.45, 7) is 6.48. The molecule has 7 heteroatoms. The molecular formula is C13H17N5O2. The Morgan fingerprint density at radius 1 is 1.35 bits per heavy atom. The monoisotopic (exact) mass is 275 g/mol. The summed E-state index contributed by atoms with van der Waals surface area (Å²) in [6.07, 6.45) is 2.94. The normalized spacial score (nSPS) is 10.6. The number of aromatic nitrogens is 3. The number of rotatable bonds is 5. The van der Waals surface area contributed by atoms with Crippen molar-refractivity contribution in [3.8, 4) is 0 Å². The molecule has 0 saturated carbocycles. The van der Waals surface area contributed by atoms with Crippen LogP contribution in [0.2, 0.25) is 0 Å². The van der Waals surface area contributed by atoms with Crippen LogP contribution in [0.1, 0.15) is 30.0 Å². The lowest BCUT2D eigenvalue weighted by Crippen LogP contribution is -2.27. The van der Waals surface area contributed by atoms with Gasteiger partial charge in [-0.15, -0.1) is 0 Å². The van der Waals surface area contributed by atoms with Gasteiger partial charge in [-0.1, -0.05) is 19.0 Å². The predicted octanol–water partition coefficient (Wildman–Crippen LogP) is 1.90. The van der Waals surface area contributed by atoms with E-state index in [1.54, 1.807) is 13.0 Å². The van der Waals surface area contributed by atoms with E-state index in [2.05, 4.69) is 25.8 Å². The molecule has 0 bridgehead atoms. The van der Waals surface area contributed by atoms with Crippen LogP contribution in [0.4, 0.5) is 11.8 Å². The van der Waals surface area contributed by atoms with Gasteiger partial charge in [0.25, 0.3) is 5.91 Å². The maximum Gasteiger partial charge on any atom is 0.254 e. The smallest absolute Gasteiger partial charge is 0.254 e. The van der Waals surface area contributed by atoms with Gasteiger partial charge in [0.05, 0.1) is 5.56 Å². The van der Waals surface area contributed by atoms with Crippen LogP contribution in [0.25, 0.3) is 0 Å². The molecule has 0 unspecified atom stereocenters. The van der Waals surface area contributed by atoms with Crippen molar-refractivity contribution in [1.82, 2.24) is 20.4 Å². The first kappa shape index (κ1) is 14.0. The Morgan fingerprint density at radius 3 is 2.60 bits per heavy atom. The second-order valence-electron chi connectivity index (χ2n) is 4.85. The Kier molecular flexibility index (Phi) is 4.29. The molecule has 0 aliphatic rings. The van der Waals surface area contributed by atoms with E-state index in [4.69, 9.17) is 4.52 Å². The second-order valence-corrected chi connectivity index (χ2v) is 4.85. The summed E-state index contributed by atoms with van der Waals surface area (Å²) in [7, 11) is 0. The van der Waals surface area contributed by atoms with Crippen LogP contribution >= 0.6 is 0 Å². The molecule has 2 N–H and O–H groups in total. The summed E-state index contributed by atoms with van der Waals surface area (Å²) in [4.78, 5) is 19.9. The third-order valence-corrected chi connectivity index (χ3v) is 2.45. The van der Waals surface area contributed by atoms with Crippen LogP contribution in [0.5, 0.6) is 0 Å². The highest BCUT2D eigenvalue weighted by Gasteiger charge is 2.08. The van der Waals surface area contributed by atoms with Crippen molar-refractivity contribution in [3.63, 3.8) is 0 Å². The van der Waals surface area contributed by atoms with Crippen molar-refractivity contribution < 1.29 is 9.32 Å². The van der Waals surface area contributed by atoms with Crippen LogP contribution in [-0.2, 0) is 0 Å². The van der Waals surface area contributed by atoms with Crippen molar-refractivity contribution >= 4 is 17.7 Å². The van der Waals surface area contributed by atoms with E-state index < -0.39 is 0 Å². The Bertz CT molecular complexity index is 577. The summed E-state index contributed by atoms with van der Waals surface area (Å²) in [5.41, 5.74) is 0.424. The van der Waals surface area contributed by atoms with Crippen molar-refractivity contribution in [1.29, 1.82) is 0 Å². The average molecular weight is 275 g/mol. The number of hydrogen-bond donors (Lipinski definition) is 2. The van der Waals surface area contributed by atoms with Gasteiger partial charge in [-0.05, 0) is 12.8 Å². The highest BCUT2D eigenvalue weighted by atomic mass is 16.5. The van der Waals surface area contributed by atoms with Crippen molar-refractivity contribution in [2.45, 2.75) is 20.8 Å². The Hall–Kier alpha value is -2.44. The average Bonchev–Trinajstić information content (AvgIpc) is 2.82. The zero-order valence-electron chi connectivity index (χ0n) is 11.7. The molecule has 0 radical (unpaired) electrons. The van der Waals surface area contributed by atoms with E-state index in [1.807, 2.05) is 13.8 Å². The quantitative estimate of drug-likeness (QED) is 0.865. The van der Waals surface area contributed by atoms with E-state index in [0.29, 0.717) is 35.6 Å². The van der Waals surface area contributed by atoms with Gasteiger partial charge in [0.15, 0.2) is 5.82 Å². The molecule has 0 aliphatic carbocycles. The number of amides is 1. The van der Waals surface area contributed by atoms with Crippen LogP contribution < -0.4 is 10.6 Å². The van der Waals surface area contributed by atoms with Gasteiger partial charge in [-0.25, -0.2) is 9.97 Å². The highest BCUT2D eigenvalue weighted by Crippen LogP contribution is 2.12. The molecule has 0 spiro atoms. The van der Waals surface area contributed by atoms with E-state index in [1.165, 1.54) is 12.4 Å². The van der Waals surface area contributed by atoms with Gasteiger partial charge in [0, 0.05) is 25.0 Å². The third-order valence-electron chi connectivity index (χ3n) is 2.45. The lowest BCUT2D eigenvalue weighted by Gasteiger charge is -2.07. The molecule has 0 aromatic carbocycles. The van der Waals surface area contributed by atoms with E-state index >= 15 is 0 Å². The van der Waals surface area contributed by atoms with Gasteiger partial charge in [-0.3, -0.25) is 4.79 Å². The van der Waals surface area contributed by atoms with Crippen LogP contribution in [-0.4, -0.2) is 27.6 Å². The number of anilines is 2. The van der Waals surface area contributed by atoms with Crippen LogP contribution in [0, 0.1) is 12.8 Å². The molecule has 20 heavy (non-hydrogen) atoms. The van der Waals surface area contributed by atoms with Crippen molar-refractivity contribution in [3.05, 3.63) is 29.8 Å². The SMILES string of the molecule is Cc1cc(Nc2ncc(C(=O)NCC(C)C)cn2)no1. The van der Waals surface area contributed by atoms with E-state index in [-0.39, 0.29) is 5.91 Å². The van der Waals surface area contributed by atoms with Gasteiger partial charge >= 0.3 is 0 Å². The maximum absolute atomic E-state index is 11.8. The summed E-state index contributed by atoms with van der Waals surface area (Å²) < 4.78 is 4.92. The number of nitrogens with zero attached hydrogens (tertiary/aromatic N) is 3.